The minimum Gasteiger partial charge on any atom is -0.338 e. The van der Waals surface area contributed by atoms with Gasteiger partial charge in [-0.25, -0.2) is 4.39 Å². The summed E-state index contributed by atoms with van der Waals surface area (Å²) in [4.78, 5) is 0. The van der Waals surface area contributed by atoms with Crippen LogP contribution < -0.4 is 0 Å². The minimum absolute atomic E-state index is 0.221. The molecule has 0 atom stereocenters. The highest BCUT2D eigenvalue weighted by molar-refractivity contribution is 6.01. The second-order valence-electron chi connectivity index (χ2n) is 7.36. The molecule has 0 aliphatic heterocycles. The Bertz CT molecular complexity index is 1080. The molecule has 1 heterocycles. The highest BCUT2D eigenvalue weighted by Gasteiger charge is 2.18. The molecule has 0 unspecified atom stereocenters. The summed E-state index contributed by atoms with van der Waals surface area (Å²) in [5.41, 5.74) is 5.57. The molecule has 0 aliphatic rings. The monoisotopic (exact) mass is 385 g/mol. The number of halogens is 1. The third-order valence-corrected chi connectivity index (χ3v) is 4.97. The standard InChI is InChI=1S/C27H28FN/c1-5-21(4)12-8-6-7-9-15-26-27(22-16-18-23(28)19-17-22)24-13-10-11-14-25(24)29(26)20(2)3/h6-20H,4-5H2,1-3H3/b7-6+,12-8+,15-9+. The summed E-state index contributed by atoms with van der Waals surface area (Å²) >= 11 is 0. The van der Waals surface area contributed by atoms with E-state index in [4.69, 9.17) is 0 Å². The lowest BCUT2D eigenvalue weighted by atomic mass is 10.0. The number of benzene rings is 2. The fourth-order valence-corrected chi connectivity index (χ4v) is 3.51. The molecule has 29 heavy (non-hydrogen) atoms. The summed E-state index contributed by atoms with van der Waals surface area (Å²) in [5.74, 6) is -0.221. The smallest absolute Gasteiger partial charge is 0.123 e. The molecule has 148 valence electrons. The van der Waals surface area contributed by atoms with Crippen LogP contribution in [0.4, 0.5) is 4.39 Å². The SMILES string of the molecule is C=C(/C=C/C=C/C=C/c1c(-c2ccc(F)cc2)c2ccccc2n1C(C)C)CC. The van der Waals surface area contributed by atoms with E-state index in [-0.39, 0.29) is 5.82 Å². The van der Waals surface area contributed by atoms with Crippen LogP contribution in [0.3, 0.4) is 0 Å². The molecule has 2 heteroatoms. The maximum Gasteiger partial charge on any atom is 0.123 e. The predicted molar refractivity (Wildman–Crippen MR) is 124 cm³/mol. The Hall–Kier alpha value is -3.13. The molecule has 0 radical (unpaired) electrons. The summed E-state index contributed by atoms with van der Waals surface area (Å²) in [7, 11) is 0. The number of fused-ring (bicyclic) bond motifs is 1. The van der Waals surface area contributed by atoms with Crippen molar-refractivity contribution in [1.29, 1.82) is 0 Å². The topological polar surface area (TPSA) is 4.93 Å². The van der Waals surface area contributed by atoms with Crippen LogP contribution in [0.25, 0.3) is 28.1 Å². The van der Waals surface area contributed by atoms with E-state index >= 15 is 0 Å². The molecule has 0 aliphatic carbocycles. The van der Waals surface area contributed by atoms with Gasteiger partial charge >= 0.3 is 0 Å². The molecule has 1 nitrogen and oxygen atoms in total. The largest absolute Gasteiger partial charge is 0.338 e. The van der Waals surface area contributed by atoms with Crippen LogP contribution in [-0.2, 0) is 0 Å². The Morgan fingerprint density at radius 2 is 1.69 bits per heavy atom. The first-order valence-electron chi connectivity index (χ1n) is 10.1. The molecule has 0 N–H and O–H groups in total. The lowest BCUT2D eigenvalue weighted by Crippen LogP contribution is -2.02. The molecule has 0 spiro atoms. The van der Waals surface area contributed by atoms with Crippen molar-refractivity contribution >= 4 is 17.0 Å². The van der Waals surface area contributed by atoms with E-state index in [1.54, 1.807) is 0 Å². The van der Waals surface area contributed by atoms with Crippen LogP contribution in [0.2, 0.25) is 0 Å². The summed E-state index contributed by atoms with van der Waals surface area (Å²) in [6.45, 7) is 10.4. The van der Waals surface area contributed by atoms with Crippen LogP contribution in [0.15, 0.2) is 91.1 Å². The summed E-state index contributed by atoms with van der Waals surface area (Å²) in [6, 6.07) is 15.5. The minimum atomic E-state index is -0.221. The van der Waals surface area contributed by atoms with E-state index in [0.717, 1.165) is 28.8 Å². The molecule has 0 fully saturated rings. The van der Waals surface area contributed by atoms with E-state index < -0.39 is 0 Å². The molecule has 0 saturated carbocycles. The molecular weight excluding hydrogens is 357 g/mol. The Morgan fingerprint density at radius 3 is 2.38 bits per heavy atom. The Kier molecular flexibility index (Phi) is 6.66. The number of aromatic nitrogens is 1. The number of rotatable bonds is 7. The molecule has 0 amide bonds. The van der Waals surface area contributed by atoms with Crippen molar-refractivity contribution in [2.24, 2.45) is 0 Å². The van der Waals surface area contributed by atoms with Crippen molar-refractivity contribution in [3.63, 3.8) is 0 Å². The van der Waals surface area contributed by atoms with Gasteiger partial charge in [-0.1, -0.05) is 79.8 Å². The van der Waals surface area contributed by atoms with Gasteiger partial charge in [0, 0.05) is 28.2 Å². The Labute approximate surface area is 173 Å². The third kappa shape index (κ3) is 4.65. The number of nitrogens with zero attached hydrogens (tertiary/aromatic N) is 1. The normalized spacial score (nSPS) is 12.3. The van der Waals surface area contributed by atoms with Crippen LogP contribution in [0.5, 0.6) is 0 Å². The highest BCUT2D eigenvalue weighted by Crippen LogP contribution is 2.37. The quantitative estimate of drug-likeness (QED) is 0.362. The van der Waals surface area contributed by atoms with Crippen molar-refractivity contribution < 1.29 is 4.39 Å². The molecule has 2 aromatic carbocycles. The first kappa shape index (κ1) is 20.6. The van der Waals surface area contributed by atoms with Gasteiger partial charge in [-0.15, -0.1) is 0 Å². The molecule has 0 saturated heterocycles. The zero-order valence-electron chi connectivity index (χ0n) is 17.4. The van der Waals surface area contributed by atoms with Crippen molar-refractivity contribution in [2.75, 3.05) is 0 Å². The van der Waals surface area contributed by atoms with Gasteiger partial charge in [0.25, 0.3) is 0 Å². The maximum atomic E-state index is 13.5. The first-order valence-corrected chi connectivity index (χ1v) is 10.1. The first-order chi connectivity index (χ1) is 14.0. The lowest BCUT2D eigenvalue weighted by molar-refractivity contribution is 0.618. The van der Waals surface area contributed by atoms with Gasteiger partial charge in [0.2, 0.25) is 0 Å². The second-order valence-corrected chi connectivity index (χ2v) is 7.36. The van der Waals surface area contributed by atoms with Gasteiger partial charge in [0.1, 0.15) is 5.82 Å². The third-order valence-electron chi connectivity index (χ3n) is 4.97. The Balaban J connectivity index is 2.10. The van der Waals surface area contributed by atoms with Crippen LogP contribution in [-0.4, -0.2) is 4.57 Å². The van der Waals surface area contributed by atoms with Gasteiger partial charge in [0.05, 0.1) is 0 Å². The van der Waals surface area contributed by atoms with E-state index in [0.29, 0.717) is 6.04 Å². The lowest BCUT2D eigenvalue weighted by Gasteiger charge is -2.13. The van der Waals surface area contributed by atoms with Crippen LogP contribution >= 0.6 is 0 Å². The molecule has 0 bridgehead atoms. The van der Waals surface area contributed by atoms with E-state index in [2.05, 4.69) is 68.3 Å². The number of para-hydroxylation sites is 1. The fraction of sp³-hybridized carbons (Fsp3) is 0.185. The van der Waals surface area contributed by atoms with Gasteiger partial charge in [-0.05, 0) is 50.1 Å². The number of allylic oxidation sites excluding steroid dienone is 6. The van der Waals surface area contributed by atoms with Gasteiger partial charge in [0.15, 0.2) is 0 Å². The van der Waals surface area contributed by atoms with E-state index in [1.165, 1.54) is 23.0 Å². The zero-order valence-corrected chi connectivity index (χ0v) is 17.4. The van der Waals surface area contributed by atoms with E-state index in [1.807, 2.05) is 36.4 Å². The van der Waals surface area contributed by atoms with Gasteiger partial charge in [-0.2, -0.15) is 0 Å². The maximum absolute atomic E-state index is 13.5. The van der Waals surface area contributed by atoms with Gasteiger partial charge < -0.3 is 4.57 Å². The fourth-order valence-electron chi connectivity index (χ4n) is 3.51. The number of hydrogen-bond acceptors (Lipinski definition) is 0. The van der Waals surface area contributed by atoms with Gasteiger partial charge in [-0.3, -0.25) is 0 Å². The molecular formula is C27H28FN. The second kappa shape index (κ2) is 9.38. The summed E-state index contributed by atoms with van der Waals surface area (Å²) < 4.78 is 15.9. The average Bonchev–Trinajstić information content (AvgIpc) is 3.05. The molecule has 3 aromatic rings. The highest BCUT2D eigenvalue weighted by atomic mass is 19.1. The average molecular weight is 386 g/mol. The zero-order chi connectivity index (χ0) is 20.8. The van der Waals surface area contributed by atoms with Crippen molar-refractivity contribution in [3.8, 4) is 11.1 Å². The van der Waals surface area contributed by atoms with Crippen LogP contribution in [0, 0.1) is 5.82 Å². The molecule has 3 rings (SSSR count). The van der Waals surface area contributed by atoms with Crippen LogP contribution in [0.1, 0.15) is 38.9 Å². The van der Waals surface area contributed by atoms with E-state index in [9.17, 15) is 4.39 Å². The Morgan fingerprint density at radius 1 is 1.00 bits per heavy atom. The predicted octanol–water partition coefficient (Wildman–Crippen LogP) is 8.12. The van der Waals surface area contributed by atoms with Crippen molar-refractivity contribution in [3.05, 3.63) is 103 Å². The summed E-state index contributed by atoms with van der Waals surface area (Å²) in [5, 5.41) is 1.18. The molecule has 1 aromatic heterocycles. The van der Waals surface area contributed by atoms with Crippen molar-refractivity contribution in [1.82, 2.24) is 4.57 Å². The van der Waals surface area contributed by atoms with Crippen molar-refractivity contribution in [2.45, 2.75) is 33.2 Å². The number of hydrogen-bond donors (Lipinski definition) is 0. The summed E-state index contributed by atoms with van der Waals surface area (Å²) in [6.07, 6.45) is 13.2.